The number of rotatable bonds is 5. The van der Waals surface area contributed by atoms with Gasteiger partial charge in [0.2, 0.25) is 0 Å². The third-order valence-electron chi connectivity index (χ3n) is 8.23. The summed E-state index contributed by atoms with van der Waals surface area (Å²) in [5, 5.41) is 0. The van der Waals surface area contributed by atoms with Crippen LogP contribution in [-0.2, 0) is 30.7 Å². The lowest BCUT2D eigenvalue weighted by atomic mass is 9.91. The number of nitrogens with zero attached hydrogens (tertiary/aromatic N) is 4. The quantitative estimate of drug-likeness (QED) is 0.705. The van der Waals surface area contributed by atoms with Crippen LogP contribution in [0.15, 0.2) is 30.5 Å². The number of anilines is 1. The van der Waals surface area contributed by atoms with Gasteiger partial charge < -0.3 is 14.5 Å². The van der Waals surface area contributed by atoms with Crippen molar-refractivity contribution in [1.82, 2.24) is 14.8 Å². The summed E-state index contributed by atoms with van der Waals surface area (Å²) < 4.78 is 5.49. The van der Waals surface area contributed by atoms with Gasteiger partial charge in [-0.3, -0.25) is 9.69 Å². The van der Waals surface area contributed by atoms with Crippen LogP contribution in [0.1, 0.15) is 58.3 Å². The number of methoxy groups -OCH3 is 1. The van der Waals surface area contributed by atoms with Gasteiger partial charge >= 0.3 is 0 Å². The van der Waals surface area contributed by atoms with E-state index in [2.05, 4.69) is 39.0 Å². The topological polar surface area (TPSA) is 48.9 Å². The molecule has 3 aliphatic heterocycles. The third-order valence-corrected chi connectivity index (χ3v) is 8.23. The average molecular weight is 447 g/mol. The van der Waals surface area contributed by atoms with Crippen LogP contribution in [0.25, 0.3) is 0 Å². The molecule has 6 heteroatoms. The van der Waals surface area contributed by atoms with Crippen LogP contribution in [0.3, 0.4) is 0 Å². The number of carbonyl (C=O) groups excluding carboxylic acids is 1. The van der Waals surface area contributed by atoms with Crippen molar-refractivity contribution in [3.05, 3.63) is 58.3 Å². The molecule has 1 aromatic heterocycles. The highest BCUT2D eigenvalue weighted by atomic mass is 16.5. The van der Waals surface area contributed by atoms with E-state index in [1.54, 1.807) is 13.3 Å². The summed E-state index contributed by atoms with van der Waals surface area (Å²) in [6.07, 6.45) is 9.49. The molecule has 0 spiro atoms. The van der Waals surface area contributed by atoms with Crippen molar-refractivity contribution < 1.29 is 9.53 Å². The van der Waals surface area contributed by atoms with Crippen molar-refractivity contribution in [2.45, 2.75) is 63.8 Å². The van der Waals surface area contributed by atoms with E-state index in [9.17, 15) is 4.79 Å². The van der Waals surface area contributed by atoms with Crippen LogP contribution in [-0.4, -0.2) is 66.1 Å². The molecule has 0 unspecified atom stereocenters. The van der Waals surface area contributed by atoms with Crippen LogP contribution >= 0.6 is 0 Å². The lowest BCUT2D eigenvalue weighted by Crippen LogP contribution is -2.41. The molecule has 2 aromatic rings. The number of pyridine rings is 1. The predicted octanol–water partition coefficient (Wildman–Crippen LogP) is 3.42. The molecule has 6 nitrogen and oxygen atoms in total. The molecule has 1 amide bonds. The highest BCUT2D eigenvalue weighted by Gasteiger charge is 2.31. The number of aromatic nitrogens is 1. The monoisotopic (exact) mass is 446 g/mol. The summed E-state index contributed by atoms with van der Waals surface area (Å²) in [7, 11) is 1.77. The van der Waals surface area contributed by atoms with Crippen molar-refractivity contribution >= 4 is 11.7 Å². The summed E-state index contributed by atoms with van der Waals surface area (Å²) in [5.41, 5.74) is 6.06. The van der Waals surface area contributed by atoms with Crippen LogP contribution < -0.4 is 4.90 Å². The Kier molecular flexibility index (Phi) is 5.59. The number of ether oxygens (including phenoxy) is 1. The first kappa shape index (κ1) is 21.1. The van der Waals surface area contributed by atoms with Gasteiger partial charge in [-0.05, 0) is 60.4 Å². The van der Waals surface area contributed by atoms with Crippen molar-refractivity contribution in [3.8, 4) is 0 Å². The second kappa shape index (κ2) is 8.73. The minimum Gasteiger partial charge on any atom is -0.380 e. The summed E-state index contributed by atoms with van der Waals surface area (Å²) in [6.45, 7) is 5.51. The highest BCUT2D eigenvalue weighted by Crippen LogP contribution is 2.30. The highest BCUT2D eigenvalue weighted by molar-refractivity contribution is 5.98. The van der Waals surface area contributed by atoms with Gasteiger partial charge in [0, 0.05) is 58.6 Å². The largest absolute Gasteiger partial charge is 0.380 e. The number of benzene rings is 1. The Bertz CT molecular complexity index is 1050. The normalized spacial score (nSPS) is 23.4. The molecule has 1 aromatic carbocycles. The van der Waals surface area contributed by atoms with E-state index in [0.717, 1.165) is 55.3 Å². The van der Waals surface area contributed by atoms with E-state index in [1.165, 1.54) is 49.0 Å². The molecule has 2 fully saturated rings. The third kappa shape index (κ3) is 4.04. The average Bonchev–Trinajstić information content (AvgIpc) is 3.33. The van der Waals surface area contributed by atoms with Crippen molar-refractivity contribution in [1.29, 1.82) is 0 Å². The molecule has 6 rings (SSSR count). The molecule has 33 heavy (non-hydrogen) atoms. The molecule has 4 heterocycles. The van der Waals surface area contributed by atoms with E-state index >= 15 is 0 Å². The van der Waals surface area contributed by atoms with E-state index in [4.69, 9.17) is 4.74 Å². The molecule has 1 saturated heterocycles. The van der Waals surface area contributed by atoms with Crippen LogP contribution in [0.4, 0.5) is 5.82 Å². The molecule has 174 valence electrons. The Morgan fingerprint density at radius 2 is 1.88 bits per heavy atom. The first-order valence-electron chi connectivity index (χ1n) is 12.6. The maximum absolute atomic E-state index is 13.1. The Balaban J connectivity index is 1.13. The molecule has 0 radical (unpaired) electrons. The summed E-state index contributed by atoms with van der Waals surface area (Å²) in [4.78, 5) is 24.6. The van der Waals surface area contributed by atoms with Gasteiger partial charge in [-0.15, -0.1) is 0 Å². The predicted molar refractivity (Wildman–Crippen MR) is 129 cm³/mol. The molecule has 0 N–H and O–H groups in total. The number of amides is 1. The van der Waals surface area contributed by atoms with Crippen LogP contribution in [0.2, 0.25) is 0 Å². The fraction of sp³-hybridized carbons (Fsp3) is 0.556. The second-order valence-electron chi connectivity index (χ2n) is 10.2. The van der Waals surface area contributed by atoms with Gasteiger partial charge in [0.05, 0.1) is 11.7 Å². The van der Waals surface area contributed by atoms with Gasteiger partial charge in [0.15, 0.2) is 0 Å². The summed E-state index contributed by atoms with van der Waals surface area (Å²) in [5.74, 6) is 1.07. The first-order chi connectivity index (χ1) is 16.2. The summed E-state index contributed by atoms with van der Waals surface area (Å²) in [6, 6.07) is 9.82. The number of carbonyl (C=O) groups is 1. The zero-order valence-corrected chi connectivity index (χ0v) is 19.6. The van der Waals surface area contributed by atoms with E-state index in [-0.39, 0.29) is 12.0 Å². The number of hydrogen-bond donors (Lipinski definition) is 0. The van der Waals surface area contributed by atoms with E-state index in [0.29, 0.717) is 13.1 Å². The molecule has 0 bridgehead atoms. The minimum atomic E-state index is 0.103. The zero-order chi connectivity index (χ0) is 22.4. The molecule has 1 atom stereocenters. The second-order valence-corrected chi connectivity index (χ2v) is 10.2. The Hall–Kier alpha value is -2.44. The first-order valence-corrected chi connectivity index (χ1v) is 12.6. The molecule has 1 aliphatic carbocycles. The Labute approximate surface area is 196 Å². The van der Waals surface area contributed by atoms with Crippen LogP contribution in [0, 0.1) is 0 Å². The van der Waals surface area contributed by atoms with Gasteiger partial charge in [0.1, 0.15) is 5.82 Å². The van der Waals surface area contributed by atoms with Crippen molar-refractivity contribution in [2.24, 2.45) is 0 Å². The number of hydrogen-bond acceptors (Lipinski definition) is 5. The van der Waals surface area contributed by atoms with Crippen LogP contribution in [0.5, 0.6) is 0 Å². The Morgan fingerprint density at radius 1 is 1.03 bits per heavy atom. The smallest absolute Gasteiger partial charge is 0.256 e. The molecular weight excluding hydrogens is 412 g/mol. The molecular formula is C27H34N4O2. The fourth-order valence-corrected chi connectivity index (χ4v) is 5.92. The standard InChI is InChI=1S/C27H34N4O2/c1-33-24-9-12-30(18-24)26-14-22-17-31(27(32)25(22)15-28-26)16-19-5-6-20-7-10-29(23-3-2-4-23)11-8-21(20)13-19/h5-6,13-15,23-24H,2-4,7-12,16-18H2,1H3/t24-/m0/s1. The van der Waals surface area contributed by atoms with Crippen molar-refractivity contribution in [2.75, 3.05) is 38.2 Å². The van der Waals surface area contributed by atoms with E-state index in [1.807, 2.05) is 4.90 Å². The van der Waals surface area contributed by atoms with Gasteiger partial charge in [-0.25, -0.2) is 4.98 Å². The molecule has 1 saturated carbocycles. The molecule has 4 aliphatic rings. The van der Waals surface area contributed by atoms with Gasteiger partial charge in [-0.1, -0.05) is 24.6 Å². The van der Waals surface area contributed by atoms with Crippen molar-refractivity contribution in [3.63, 3.8) is 0 Å². The van der Waals surface area contributed by atoms with E-state index < -0.39 is 0 Å². The lowest BCUT2D eigenvalue weighted by molar-refractivity contribution is 0.0766. The zero-order valence-electron chi connectivity index (χ0n) is 19.6. The number of fused-ring (bicyclic) bond motifs is 2. The SMILES string of the molecule is CO[C@H]1CCN(c2cc3c(cn2)C(=O)N(Cc2ccc4c(c2)CCN(C2CCC2)CC4)C3)C1. The van der Waals surface area contributed by atoms with Gasteiger partial charge in [-0.2, -0.15) is 0 Å². The summed E-state index contributed by atoms with van der Waals surface area (Å²) >= 11 is 0. The lowest BCUT2D eigenvalue weighted by Gasteiger charge is -2.36. The van der Waals surface area contributed by atoms with Gasteiger partial charge in [0.25, 0.3) is 5.91 Å². The minimum absolute atomic E-state index is 0.103. The maximum Gasteiger partial charge on any atom is 0.256 e. The Morgan fingerprint density at radius 3 is 2.64 bits per heavy atom. The maximum atomic E-state index is 13.1. The fourth-order valence-electron chi connectivity index (χ4n) is 5.92.